The van der Waals surface area contributed by atoms with Crippen molar-refractivity contribution < 1.29 is 14.3 Å². The topological polar surface area (TPSA) is 178 Å². The van der Waals surface area contributed by atoms with E-state index in [4.69, 9.17) is 25.2 Å². The minimum atomic E-state index is -0.132. The van der Waals surface area contributed by atoms with Crippen molar-refractivity contribution in [1.82, 2.24) is 35.1 Å². The molecule has 0 spiro atoms. The van der Waals surface area contributed by atoms with E-state index < -0.39 is 0 Å². The Hall–Kier alpha value is -5.35. The monoisotopic (exact) mass is 1010 g/mol. The summed E-state index contributed by atoms with van der Waals surface area (Å²) in [5, 5.41) is 1.24. The lowest BCUT2D eigenvalue weighted by atomic mass is 9.84. The fourth-order valence-electron chi connectivity index (χ4n) is 8.55. The highest BCUT2D eigenvalue weighted by Gasteiger charge is 2.29. The zero-order valence-corrected chi connectivity index (χ0v) is 48.5. The Morgan fingerprint density at radius 1 is 1.05 bits per heavy atom. The number of pyridine rings is 1. The summed E-state index contributed by atoms with van der Waals surface area (Å²) in [6.45, 7) is 45.1. The number of carbonyl (C=O) groups excluding carboxylic acids is 1. The number of nitrogens with two attached hydrogens (primary N) is 3. The third kappa shape index (κ3) is 23.6. The van der Waals surface area contributed by atoms with Crippen LogP contribution in [0.25, 0.3) is 27.9 Å². The smallest absolute Gasteiger partial charge is 0.246 e. The Labute approximate surface area is 444 Å². The number of unbranched alkanes of at least 4 members (excludes halogenated alkanes) is 3. The number of allylic oxidation sites excluding steroid dienone is 1. The molecule has 1 fully saturated rings. The van der Waals surface area contributed by atoms with Crippen LogP contribution in [0.1, 0.15) is 117 Å². The second-order valence-electron chi connectivity index (χ2n) is 18.7. The Morgan fingerprint density at radius 2 is 1.70 bits per heavy atom. The summed E-state index contributed by atoms with van der Waals surface area (Å²) in [6, 6.07) is 11.7. The summed E-state index contributed by atoms with van der Waals surface area (Å²) in [7, 11) is 10.7. The molecule has 0 bridgehead atoms. The normalized spacial score (nSPS) is 14.4. The van der Waals surface area contributed by atoms with E-state index in [2.05, 4.69) is 171 Å². The minimum absolute atomic E-state index is 0.0509. The Bertz CT molecular complexity index is 2110. The van der Waals surface area contributed by atoms with E-state index in [0.717, 1.165) is 74.5 Å². The molecule has 3 unspecified atom stereocenters. The maximum atomic E-state index is 11.2. The van der Waals surface area contributed by atoms with Crippen LogP contribution in [-0.4, -0.2) is 123 Å². The number of hydrazine groups is 1. The highest BCUT2D eigenvalue weighted by Crippen LogP contribution is 2.41. The quantitative estimate of drug-likeness (QED) is 0.0144. The van der Waals surface area contributed by atoms with Gasteiger partial charge >= 0.3 is 0 Å². The molecule has 412 valence electrons. The van der Waals surface area contributed by atoms with Gasteiger partial charge in [0.2, 0.25) is 5.91 Å². The van der Waals surface area contributed by atoms with Gasteiger partial charge in [-0.3, -0.25) is 25.6 Å². The van der Waals surface area contributed by atoms with Crippen LogP contribution in [0.15, 0.2) is 111 Å². The third-order valence-electron chi connectivity index (χ3n) is 12.4. The van der Waals surface area contributed by atoms with Gasteiger partial charge in [-0.25, -0.2) is 0 Å². The number of methoxy groups -OCH3 is 1. The number of nitrogens with zero attached hydrogens (tertiary/aromatic N) is 6. The van der Waals surface area contributed by atoms with Gasteiger partial charge in [-0.05, 0) is 137 Å². The number of rotatable bonds is 24. The molecule has 0 aliphatic carbocycles. The van der Waals surface area contributed by atoms with E-state index in [0.29, 0.717) is 24.3 Å². The first-order valence-electron chi connectivity index (χ1n) is 25.9. The van der Waals surface area contributed by atoms with Gasteiger partial charge in [-0.1, -0.05) is 79.0 Å². The second-order valence-corrected chi connectivity index (χ2v) is 18.7. The SMILES string of the molecule is C=C.C=CC(=O)N1CCN(C)C(C)C1.C=CN(C)C(C(=C)N)C(C)C.C=COCC(C)(C)Cc1c(-c2cccnc2C(C)OC)n(CC)c2ccc(/C(=C/C)N=C(C)CCCCCCNNC)cc12.CN.CN. The molecule has 73 heavy (non-hydrogen) atoms. The lowest BCUT2D eigenvalue weighted by molar-refractivity contribution is -0.128. The van der Waals surface area contributed by atoms with Crippen LogP contribution in [-0.2, 0) is 27.2 Å². The summed E-state index contributed by atoms with van der Waals surface area (Å²) in [5.41, 5.74) is 30.4. The molecule has 3 heterocycles. The van der Waals surface area contributed by atoms with Crippen LogP contribution in [0.2, 0.25) is 0 Å². The number of ether oxygens (including phenoxy) is 2. The Balaban J connectivity index is 0. The van der Waals surface area contributed by atoms with Gasteiger partial charge in [0.25, 0.3) is 0 Å². The zero-order chi connectivity index (χ0) is 56.3. The molecular formula is C59H103N11O3. The number of likely N-dealkylation sites (N-methyl/N-ethyl adjacent to an activating group) is 2. The summed E-state index contributed by atoms with van der Waals surface area (Å²) in [5.74, 6) is 0.519. The van der Waals surface area contributed by atoms with Crippen molar-refractivity contribution in [2.75, 3.05) is 75.1 Å². The third-order valence-corrected chi connectivity index (χ3v) is 12.4. The minimum Gasteiger partial charge on any atom is -0.501 e. The van der Waals surface area contributed by atoms with Gasteiger partial charge in [-0.2, -0.15) is 0 Å². The molecule has 1 aromatic carbocycles. The lowest BCUT2D eigenvalue weighted by Gasteiger charge is -2.37. The fraction of sp³-hybridized carbons (Fsp3) is 0.542. The van der Waals surface area contributed by atoms with Gasteiger partial charge < -0.3 is 45.9 Å². The number of hydrogen-bond acceptors (Lipinski definition) is 12. The van der Waals surface area contributed by atoms with Gasteiger partial charge in [-0.15, -0.1) is 13.2 Å². The van der Waals surface area contributed by atoms with Gasteiger partial charge in [0.05, 0.1) is 42.1 Å². The summed E-state index contributed by atoms with van der Waals surface area (Å²) < 4.78 is 13.9. The number of benzene rings is 1. The van der Waals surface area contributed by atoms with Crippen molar-refractivity contribution in [2.24, 2.45) is 33.5 Å². The maximum Gasteiger partial charge on any atom is 0.246 e. The van der Waals surface area contributed by atoms with Crippen molar-refractivity contribution in [3.8, 4) is 11.3 Å². The van der Waals surface area contributed by atoms with Crippen LogP contribution in [0, 0.1) is 11.3 Å². The standard InChI is InChI=1S/C37H55N5O2.C9H16N2O.C9H18N2.C2H4.2CH5N/c1-10-33(41-27(4)18-15-13-14-16-23-40-38-8)29-20-21-34-31(24-29)32(25-37(6,7)26-44-12-3)36(42(34)11-2)30-19-17-22-39-35(30)28(5)43-9;1-4-9(12)11-6-5-10(3)8(2)7-11;1-6-11(5)9(7(2)3)8(4)10;3*1-2/h10,12,17,19-22,24,28,38,40H,3,11,13-16,18,23,25-26H2,1-2,4-9H3;4,8H,1,5-7H2,2-3H3;6-7,9H,1,4,10H2,2-3,5H3;1-2H2;2*2H2,1H3/b33-10-,41-27?;;;;;. The number of aryl methyl sites for hydroxylation is 1. The van der Waals surface area contributed by atoms with Crippen molar-refractivity contribution in [3.05, 3.63) is 123 Å². The molecule has 3 atom stereocenters. The molecule has 0 radical (unpaired) electrons. The van der Waals surface area contributed by atoms with Crippen LogP contribution in [0.5, 0.6) is 0 Å². The number of fused-ring (bicyclic) bond motifs is 1. The predicted molar refractivity (Wildman–Crippen MR) is 317 cm³/mol. The predicted octanol–water partition coefficient (Wildman–Crippen LogP) is 10.5. The molecule has 1 aliphatic rings. The zero-order valence-electron chi connectivity index (χ0n) is 48.5. The van der Waals surface area contributed by atoms with Crippen LogP contribution < -0.4 is 28.1 Å². The van der Waals surface area contributed by atoms with Gasteiger partial charge in [0.1, 0.15) is 0 Å². The average molecular weight is 1010 g/mol. The summed E-state index contributed by atoms with van der Waals surface area (Å²) in [6.07, 6.45) is 15.2. The first-order chi connectivity index (χ1) is 34.9. The van der Waals surface area contributed by atoms with E-state index >= 15 is 0 Å². The molecule has 2 aromatic heterocycles. The van der Waals surface area contributed by atoms with Gasteiger partial charge in [0, 0.05) is 98.0 Å². The van der Waals surface area contributed by atoms with Crippen molar-refractivity contribution in [1.29, 1.82) is 0 Å². The molecule has 14 heteroatoms. The fourth-order valence-corrected chi connectivity index (χ4v) is 8.55. The highest BCUT2D eigenvalue weighted by atomic mass is 16.5. The lowest BCUT2D eigenvalue weighted by Crippen LogP contribution is -2.51. The van der Waals surface area contributed by atoms with E-state index in [-0.39, 0.29) is 23.5 Å². The first-order valence-corrected chi connectivity index (χ1v) is 25.9. The number of amides is 1. The maximum absolute atomic E-state index is 11.2. The molecular weight excluding hydrogens is 911 g/mol. The molecule has 1 amide bonds. The molecule has 1 aliphatic heterocycles. The Morgan fingerprint density at radius 3 is 2.21 bits per heavy atom. The van der Waals surface area contributed by atoms with E-state index in [1.807, 2.05) is 36.2 Å². The molecule has 8 N–H and O–H groups in total. The highest BCUT2D eigenvalue weighted by molar-refractivity contribution is 5.95. The number of nitrogens with one attached hydrogen (secondary N) is 2. The van der Waals surface area contributed by atoms with Crippen molar-refractivity contribution >= 4 is 28.2 Å². The van der Waals surface area contributed by atoms with Crippen LogP contribution in [0.4, 0.5) is 0 Å². The number of aliphatic imine (C=N–C) groups is 1. The van der Waals surface area contributed by atoms with Crippen molar-refractivity contribution in [2.45, 2.75) is 126 Å². The number of aromatic nitrogens is 2. The second kappa shape index (κ2) is 39.2. The van der Waals surface area contributed by atoms with Gasteiger partial charge in [0.15, 0.2) is 0 Å². The van der Waals surface area contributed by atoms with E-state index in [1.165, 1.54) is 73.6 Å². The van der Waals surface area contributed by atoms with E-state index in [1.54, 1.807) is 13.3 Å². The number of hydrogen-bond donors (Lipinski definition) is 5. The van der Waals surface area contributed by atoms with E-state index in [9.17, 15) is 4.79 Å². The Kier molecular flexibility index (Phi) is 37.4. The molecule has 1 saturated heterocycles. The summed E-state index contributed by atoms with van der Waals surface area (Å²) >= 11 is 0. The first kappa shape index (κ1) is 69.7. The molecule has 3 aromatic rings. The average Bonchev–Trinajstić information content (AvgIpc) is 3.70. The molecule has 14 nitrogen and oxygen atoms in total. The van der Waals surface area contributed by atoms with Crippen LogP contribution in [0.3, 0.4) is 0 Å². The largest absolute Gasteiger partial charge is 0.501 e. The number of carbonyl (C=O) groups is 1. The molecule has 0 saturated carbocycles. The number of piperazine rings is 1. The van der Waals surface area contributed by atoms with Crippen molar-refractivity contribution in [3.63, 3.8) is 0 Å². The van der Waals surface area contributed by atoms with Crippen LogP contribution >= 0.6 is 0 Å². The summed E-state index contributed by atoms with van der Waals surface area (Å²) in [4.78, 5) is 27.2. The molecule has 4 rings (SSSR count).